The zero-order chi connectivity index (χ0) is 14.2. The molecule has 1 saturated heterocycles. The SMILES string of the molecule is CCCCC1CC(P(=O)(O)O)(P(=O)(O)O)NC1=O. The molecular formula is C8H17NO7P2. The normalized spacial score (nSPS) is 24.1. The van der Waals surface area contributed by atoms with Crippen LogP contribution in [0, 0.1) is 5.92 Å². The topological polar surface area (TPSA) is 144 Å². The number of hydrogen-bond acceptors (Lipinski definition) is 3. The van der Waals surface area contributed by atoms with Gasteiger partial charge in [-0.2, -0.15) is 0 Å². The van der Waals surface area contributed by atoms with Crippen molar-refractivity contribution < 1.29 is 33.5 Å². The van der Waals surface area contributed by atoms with Crippen LogP contribution in [-0.2, 0) is 13.9 Å². The van der Waals surface area contributed by atoms with Crippen LogP contribution in [0.3, 0.4) is 0 Å². The van der Waals surface area contributed by atoms with Crippen LogP contribution in [0.25, 0.3) is 0 Å². The largest absolute Gasteiger partial charge is 0.363 e. The van der Waals surface area contributed by atoms with Gasteiger partial charge in [0.05, 0.1) is 0 Å². The number of hydrogen-bond donors (Lipinski definition) is 5. The van der Waals surface area contributed by atoms with E-state index in [2.05, 4.69) is 0 Å². The van der Waals surface area contributed by atoms with E-state index in [1.54, 1.807) is 0 Å². The molecule has 5 N–H and O–H groups in total. The van der Waals surface area contributed by atoms with Crippen molar-refractivity contribution >= 4 is 21.1 Å². The number of carbonyl (C=O) groups is 1. The van der Waals surface area contributed by atoms with E-state index in [1.165, 1.54) is 0 Å². The molecule has 1 heterocycles. The molecule has 10 heteroatoms. The Morgan fingerprint density at radius 1 is 1.28 bits per heavy atom. The molecule has 18 heavy (non-hydrogen) atoms. The second-order valence-corrected chi connectivity index (χ2v) is 8.49. The van der Waals surface area contributed by atoms with Crippen LogP contribution >= 0.6 is 15.2 Å². The van der Waals surface area contributed by atoms with Gasteiger partial charge >= 0.3 is 15.2 Å². The molecule has 0 aromatic carbocycles. The minimum absolute atomic E-state index is 0.351. The molecule has 1 rings (SSSR count). The summed E-state index contributed by atoms with van der Waals surface area (Å²) in [5, 5.41) is -0.913. The van der Waals surface area contributed by atoms with Gasteiger partial charge in [-0.15, -0.1) is 0 Å². The second kappa shape index (κ2) is 5.04. The molecule has 0 aliphatic carbocycles. The van der Waals surface area contributed by atoms with Crippen molar-refractivity contribution in [3.05, 3.63) is 0 Å². The Balaban J connectivity index is 3.09. The summed E-state index contributed by atoms with van der Waals surface area (Å²) >= 11 is 0. The smallest absolute Gasteiger partial charge is 0.329 e. The van der Waals surface area contributed by atoms with E-state index in [0.717, 1.165) is 6.42 Å². The van der Waals surface area contributed by atoms with Crippen molar-refractivity contribution in [3.8, 4) is 0 Å². The highest BCUT2D eigenvalue weighted by Crippen LogP contribution is 2.71. The third kappa shape index (κ3) is 2.69. The average Bonchev–Trinajstić information content (AvgIpc) is 2.52. The highest BCUT2D eigenvalue weighted by Gasteiger charge is 2.66. The van der Waals surface area contributed by atoms with Gasteiger partial charge in [-0.1, -0.05) is 19.8 Å². The third-order valence-corrected chi connectivity index (χ3v) is 7.17. The van der Waals surface area contributed by atoms with Crippen molar-refractivity contribution in [1.29, 1.82) is 0 Å². The van der Waals surface area contributed by atoms with Gasteiger partial charge in [0.25, 0.3) is 0 Å². The Morgan fingerprint density at radius 3 is 2.11 bits per heavy atom. The molecule has 1 atom stereocenters. The first kappa shape index (κ1) is 15.8. The van der Waals surface area contributed by atoms with E-state index in [4.69, 9.17) is 19.6 Å². The highest BCUT2D eigenvalue weighted by molar-refractivity contribution is 7.72. The number of rotatable bonds is 5. The molecule has 1 aliphatic heterocycles. The summed E-state index contributed by atoms with van der Waals surface area (Å²) in [5.74, 6) is -1.49. The summed E-state index contributed by atoms with van der Waals surface area (Å²) in [6, 6.07) is 0. The first-order valence-electron chi connectivity index (χ1n) is 5.48. The number of nitrogens with one attached hydrogen (secondary N) is 1. The van der Waals surface area contributed by atoms with E-state index in [-0.39, 0.29) is 0 Å². The standard InChI is InChI=1S/C8H17NO7P2/c1-2-3-4-6-5-8(9-7(6)10,17(11,12)13)18(14,15)16/h6H,2-5H2,1H3,(H,9,10)(H2,11,12,13)(H2,14,15,16). The van der Waals surface area contributed by atoms with Crippen LogP contribution in [0.1, 0.15) is 32.6 Å². The number of unbranched alkanes of at least 4 members (excludes halogenated alkanes) is 1. The molecule has 1 unspecified atom stereocenters. The predicted molar refractivity (Wildman–Crippen MR) is 62.6 cm³/mol. The lowest BCUT2D eigenvalue weighted by Crippen LogP contribution is -2.40. The molecule has 0 saturated carbocycles. The monoisotopic (exact) mass is 301 g/mol. The maximum Gasteiger partial charge on any atom is 0.363 e. The molecule has 0 radical (unpaired) electrons. The van der Waals surface area contributed by atoms with E-state index in [0.29, 0.717) is 12.8 Å². The lowest BCUT2D eigenvalue weighted by Gasteiger charge is -2.30. The van der Waals surface area contributed by atoms with Gasteiger partial charge in [0.1, 0.15) is 0 Å². The van der Waals surface area contributed by atoms with Crippen LogP contribution < -0.4 is 5.32 Å². The summed E-state index contributed by atoms with van der Waals surface area (Å²) < 4.78 is 22.7. The van der Waals surface area contributed by atoms with Gasteiger partial charge in [0.2, 0.25) is 10.9 Å². The molecule has 0 bridgehead atoms. The van der Waals surface area contributed by atoms with Gasteiger partial charge in [-0.25, -0.2) is 0 Å². The molecule has 0 spiro atoms. The summed E-state index contributed by atoms with van der Waals surface area (Å²) in [5.41, 5.74) is 0. The van der Waals surface area contributed by atoms with Crippen LogP contribution in [-0.4, -0.2) is 30.5 Å². The van der Waals surface area contributed by atoms with Crippen molar-refractivity contribution in [2.24, 2.45) is 5.92 Å². The summed E-state index contributed by atoms with van der Waals surface area (Å²) in [6.07, 6.45) is 1.24. The number of amides is 1. The molecule has 1 fully saturated rings. The summed E-state index contributed by atoms with van der Waals surface area (Å²) in [7, 11) is -10.3. The molecule has 0 aromatic heterocycles. The van der Waals surface area contributed by atoms with Gasteiger partial charge < -0.3 is 24.9 Å². The lowest BCUT2D eigenvalue weighted by atomic mass is 10.0. The third-order valence-electron chi connectivity index (χ3n) is 3.10. The fourth-order valence-electron chi connectivity index (χ4n) is 2.02. The first-order chi connectivity index (χ1) is 8.05. The van der Waals surface area contributed by atoms with Crippen LogP contribution in [0.5, 0.6) is 0 Å². The number of carbonyl (C=O) groups excluding carboxylic acids is 1. The van der Waals surface area contributed by atoms with Crippen LogP contribution in [0.4, 0.5) is 0 Å². The van der Waals surface area contributed by atoms with Crippen LogP contribution in [0.15, 0.2) is 0 Å². The highest BCUT2D eigenvalue weighted by atomic mass is 31.2. The maximum absolute atomic E-state index is 11.6. The van der Waals surface area contributed by atoms with Crippen molar-refractivity contribution in [2.75, 3.05) is 0 Å². The molecule has 0 aromatic rings. The van der Waals surface area contributed by atoms with Gasteiger partial charge in [-0.05, 0) is 6.42 Å². The molecule has 1 aliphatic rings. The zero-order valence-corrected chi connectivity index (χ0v) is 11.6. The molecule has 106 valence electrons. The van der Waals surface area contributed by atoms with E-state index < -0.39 is 38.5 Å². The van der Waals surface area contributed by atoms with Gasteiger partial charge in [0, 0.05) is 12.3 Å². The van der Waals surface area contributed by atoms with E-state index >= 15 is 0 Å². The molecule has 8 nitrogen and oxygen atoms in total. The van der Waals surface area contributed by atoms with Crippen molar-refractivity contribution in [3.63, 3.8) is 0 Å². The quantitative estimate of drug-likeness (QED) is 0.460. The van der Waals surface area contributed by atoms with Crippen LogP contribution in [0.2, 0.25) is 0 Å². The summed E-state index contributed by atoms with van der Waals surface area (Å²) in [4.78, 5) is 48.3. The van der Waals surface area contributed by atoms with Crippen molar-refractivity contribution in [2.45, 2.75) is 37.6 Å². The Morgan fingerprint density at radius 2 is 1.78 bits per heavy atom. The first-order valence-corrected chi connectivity index (χ1v) is 8.71. The molecular weight excluding hydrogens is 284 g/mol. The lowest BCUT2D eigenvalue weighted by molar-refractivity contribution is -0.122. The second-order valence-electron chi connectivity index (χ2n) is 4.44. The Labute approximate surface area is 104 Å². The van der Waals surface area contributed by atoms with Gasteiger partial charge in [0.15, 0.2) is 0 Å². The minimum Gasteiger partial charge on any atom is -0.329 e. The zero-order valence-electron chi connectivity index (χ0n) is 9.81. The van der Waals surface area contributed by atoms with E-state index in [1.807, 2.05) is 12.2 Å². The average molecular weight is 301 g/mol. The minimum atomic E-state index is -5.17. The molecule has 1 amide bonds. The van der Waals surface area contributed by atoms with Gasteiger partial charge in [-0.3, -0.25) is 13.9 Å². The predicted octanol–water partition coefficient (Wildman–Crippen LogP) is 0.322. The fraction of sp³-hybridized carbons (Fsp3) is 0.875. The van der Waals surface area contributed by atoms with E-state index in [9.17, 15) is 13.9 Å². The maximum atomic E-state index is 11.6. The van der Waals surface area contributed by atoms with Crippen molar-refractivity contribution in [1.82, 2.24) is 5.32 Å². The Kier molecular flexibility index (Phi) is 4.43. The summed E-state index contributed by atoms with van der Waals surface area (Å²) in [6.45, 7) is 1.88. The Bertz CT molecular complexity index is 403. The fourth-order valence-corrected chi connectivity index (χ4v) is 4.81. The Hall–Kier alpha value is -0.230.